The van der Waals surface area contributed by atoms with Crippen LogP contribution in [0, 0.1) is 0 Å². The molecule has 1 aromatic heterocycles. The van der Waals surface area contributed by atoms with Gasteiger partial charge in [0.25, 0.3) is 0 Å². The first-order valence-electron chi connectivity index (χ1n) is 11.5. The minimum atomic E-state index is -3.67. The Morgan fingerprint density at radius 2 is 1.85 bits per heavy atom. The summed E-state index contributed by atoms with van der Waals surface area (Å²) in [6, 6.07) is 4.68. The average molecular weight is 492 g/mol. The Bertz CT molecular complexity index is 1290. The molecule has 1 aromatic carbocycles. The van der Waals surface area contributed by atoms with Crippen molar-refractivity contribution in [3.8, 4) is 0 Å². The Morgan fingerprint density at radius 1 is 1.12 bits per heavy atom. The number of nitrogens with zero attached hydrogens (tertiary/aromatic N) is 2. The Morgan fingerprint density at radius 3 is 2.56 bits per heavy atom. The second-order valence-corrected chi connectivity index (χ2v) is 10.8. The fourth-order valence-corrected chi connectivity index (χ4v) is 6.09. The molecule has 0 spiro atoms. The maximum Gasteiger partial charge on any atom is 0.329 e. The van der Waals surface area contributed by atoms with Gasteiger partial charge in [-0.15, -0.1) is 0 Å². The normalized spacial score (nSPS) is 19.9. The van der Waals surface area contributed by atoms with Gasteiger partial charge in [0.05, 0.1) is 16.3 Å². The zero-order chi connectivity index (χ0) is 24.5. The van der Waals surface area contributed by atoms with Crippen LogP contribution in [0.1, 0.15) is 50.1 Å². The molecule has 12 heteroatoms. The van der Waals surface area contributed by atoms with Crippen molar-refractivity contribution in [2.24, 2.45) is 7.05 Å². The molecule has 0 bridgehead atoms. The number of fused-ring (bicyclic) bond motifs is 1. The van der Waals surface area contributed by atoms with Crippen LogP contribution in [0.25, 0.3) is 11.0 Å². The quantitative estimate of drug-likeness (QED) is 0.456. The summed E-state index contributed by atoms with van der Waals surface area (Å²) in [5.74, 6) is -1.35. The van der Waals surface area contributed by atoms with Crippen LogP contribution in [0.15, 0.2) is 23.0 Å². The Kier molecular flexibility index (Phi) is 6.89. The van der Waals surface area contributed by atoms with E-state index in [-0.39, 0.29) is 30.9 Å². The van der Waals surface area contributed by atoms with Gasteiger partial charge in [-0.2, -0.15) is 0 Å². The highest BCUT2D eigenvalue weighted by molar-refractivity contribution is 7.90. The lowest BCUT2D eigenvalue weighted by atomic mass is 10.0. The molecule has 3 amide bonds. The largest absolute Gasteiger partial charge is 0.329 e. The minimum absolute atomic E-state index is 0.0679. The smallest absolute Gasteiger partial charge is 0.317 e. The molecule has 0 aliphatic carbocycles. The van der Waals surface area contributed by atoms with Crippen LogP contribution >= 0.6 is 0 Å². The summed E-state index contributed by atoms with van der Waals surface area (Å²) < 4.78 is 29.8. The van der Waals surface area contributed by atoms with Crippen LogP contribution in [0.3, 0.4) is 0 Å². The minimum Gasteiger partial charge on any atom is -0.317 e. The van der Waals surface area contributed by atoms with Gasteiger partial charge in [-0.1, -0.05) is 6.07 Å². The number of rotatable bonds is 7. The van der Waals surface area contributed by atoms with E-state index in [2.05, 4.69) is 15.4 Å². The summed E-state index contributed by atoms with van der Waals surface area (Å²) in [7, 11) is -2.05. The van der Waals surface area contributed by atoms with Gasteiger partial charge in [-0.25, -0.2) is 13.2 Å². The van der Waals surface area contributed by atoms with Crippen molar-refractivity contribution in [1.82, 2.24) is 24.5 Å². The summed E-state index contributed by atoms with van der Waals surface area (Å²) in [6.45, 7) is 1.24. The third-order valence-electron chi connectivity index (χ3n) is 6.53. The Balaban J connectivity index is 1.41. The number of amides is 3. The lowest BCUT2D eigenvalue weighted by Crippen LogP contribution is -2.44. The Labute approximate surface area is 196 Å². The third-order valence-corrected chi connectivity index (χ3v) is 8.39. The van der Waals surface area contributed by atoms with Crippen molar-refractivity contribution in [3.05, 3.63) is 34.2 Å². The molecular formula is C22H29N5O6S. The van der Waals surface area contributed by atoms with E-state index < -0.39 is 33.1 Å². The van der Waals surface area contributed by atoms with E-state index in [1.165, 1.54) is 9.13 Å². The van der Waals surface area contributed by atoms with E-state index in [4.69, 9.17) is 0 Å². The monoisotopic (exact) mass is 491 g/mol. The second kappa shape index (κ2) is 9.71. The second-order valence-electron chi connectivity index (χ2n) is 8.87. The topological polar surface area (TPSA) is 148 Å². The van der Waals surface area contributed by atoms with Gasteiger partial charge in [0.15, 0.2) is 0 Å². The molecule has 2 aliphatic rings. The first-order valence-corrected chi connectivity index (χ1v) is 13.0. The molecule has 2 saturated heterocycles. The number of aromatic nitrogens is 2. The van der Waals surface area contributed by atoms with Crippen molar-refractivity contribution in [1.29, 1.82) is 0 Å². The molecule has 184 valence electrons. The molecule has 1 atom stereocenters. The third kappa shape index (κ3) is 4.92. The van der Waals surface area contributed by atoms with Crippen LogP contribution in [0.2, 0.25) is 0 Å². The van der Waals surface area contributed by atoms with E-state index in [0.29, 0.717) is 49.8 Å². The zero-order valence-corrected chi connectivity index (χ0v) is 19.8. The number of imide groups is 1. The van der Waals surface area contributed by atoms with Crippen LogP contribution < -0.4 is 21.0 Å². The highest BCUT2D eigenvalue weighted by Crippen LogP contribution is 2.24. The van der Waals surface area contributed by atoms with Gasteiger partial charge in [0.1, 0.15) is 6.04 Å². The molecule has 3 heterocycles. The van der Waals surface area contributed by atoms with Gasteiger partial charge in [-0.05, 0) is 62.9 Å². The van der Waals surface area contributed by atoms with E-state index in [0.717, 1.165) is 5.56 Å². The molecule has 0 radical (unpaired) electrons. The molecule has 4 rings (SSSR count). The number of carbonyl (C=O) groups is 3. The number of aryl methyl sites for hydroxylation is 2. The number of carbonyl (C=O) groups excluding carboxylic acids is 3. The number of benzene rings is 1. The van der Waals surface area contributed by atoms with Crippen LogP contribution in [-0.4, -0.2) is 53.6 Å². The first-order chi connectivity index (χ1) is 16.2. The number of nitrogens with one attached hydrogen (secondary N) is 3. The molecule has 2 fully saturated rings. The SMILES string of the molecule is Cn1c(=O)n(C2CCC(=O)NC2=O)c2ccc(CCCC(=O)NS(=O)(=O)C3CCNCC3)cc21. The first kappa shape index (κ1) is 24.1. The lowest BCUT2D eigenvalue weighted by Gasteiger charge is -2.22. The fraction of sp³-hybridized carbons (Fsp3) is 0.545. The number of imidazole rings is 1. The van der Waals surface area contributed by atoms with Crippen LogP contribution in [0.4, 0.5) is 0 Å². The molecule has 3 N–H and O–H groups in total. The van der Waals surface area contributed by atoms with E-state index in [9.17, 15) is 27.6 Å². The average Bonchev–Trinajstić information content (AvgIpc) is 3.04. The van der Waals surface area contributed by atoms with E-state index in [1.54, 1.807) is 13.1 Å². The van der Waals surface area contributed by atoms with Crippen molar-refractivity contribution < 1.29 is 22.8 Å². The highest BCUT2D eigenvalue weighted by Gasteiger charge is 2.31. The van der Waals surface area contributed by atoms with Crippen molar-refractivity contribution in [2.75, 3.05) is 13.1 Å². The van der Waals surface area contributed by atoms with Crippen LogP contribution in [0.5, 0.6) is 0 Å². The fourth-order valence-electron chi connectivity index (χ4n) is 4.65. The maximum atomic E-state index is 12.8. The van der Waals surface area contributed by atoms with Gasteiger partial charge >= 0.3 is 5.69 Å². The predicted molar refractivity (Wildman–Crippen MR) is 124 cm³/mol. The van der Waals surface area contributed by atoms with Gasteiger partial charge in [0, 0.05) is 19.9 Å². The molecule has 1 unspecified atom stereocenters. The van der Waals surface area contributed by atoms with Crippen molar-refractivity contribution in [2.45, 2.75) is 56.2 Å². The lowest BCUT2D eigenvalue weighted by molar-refractivity contribution is -0.135. The molecule has 11 nitrogen and oxygen atoms in total. The maximum absolute atomic E-state index is 12.8. The van der Waals surface area contributed by atoms with Gasteiger partial charge in [0.2, 0.25) is 27.7 Å². The van der Waals surface area contributed by atoms with E-state index >= 15 is 0 Å². The predicted octanol–water partition coefficient (Wildman–Crippen LogP) is -0.162. The van der Waals surface area contributed by atoms with E-state index in [1.807, 2.05) is 12.1 Å². The Hall–Kier alpha value is -2.99. The van der Waals surface area contributed by atoms with Crippen molar-refractivity contribution >= 4 is 38.8 Å². The number of hydrogen-bond acceptors (Lipinski definition) is 7. The standard InChI is InChI=1S/C22H29N5O6S/c1-26-18-13-14(3-2-4-20(29)25-34(32,33)15-9-11-23-12-10-15)5-6-16(18)27(22(26)31)17-7-8-19(28)24-21(17)30/h5-6,13,15,17,23H,2-4,7-12H2,1H3,(H,25,29)(H,24,28,30). The molecular weight excluding hydrogens is 462 g/mol. The summed E-state index contributed by atoms with van der Waals surface area (Å²) in [6.07, 6.45) is 2.45. The van der Waals surface area contributed by atoms with Gasteiger partial charge in [-0.3, -0.25) is 33.6 Å². The van der Waals surface area contributed by atoms with Crippen LogP contribution in [-0.2, 0) is 37.9 Å². The summed E-state index contributed by atoms with van der Waals surface area (Å²) >= 11 is 0. The van der Waals surface area contributed by atoms with Gasteiger partial charge < -0.3 is 5.32 Å². The molecule has 2 aromatic rings. The zero-order valence-electron chi connectivity index (χ0n) is 19.0. The van der Waals surface area contributed by atoms with Crippen molar-refractivity contribution in [3.63, 3.8) is 0 Å². The highest BCUT2D eigenvalue weighted by atomic mass is 32.2. The molecule has 2 aliphatic heterocycles. The number of hydrogen-bond donors (Lipinski definition) is 3. The summed E-state index contributed by atoms with van der Waals surface area (Å²) in [5.41, 5.74) is 1.78. The molecule has 34 heavy (non-hydrogen) atoms. The summed E-state index contributed by atoms with van der Waals surface area (Å²) in [4.78, 5) is 48.8. The summed E-state index contributed by atoms with van der Waals surface area (Å²) in [5, 5.41) is 4.84. The number of sulfonamides is 1. The molecule has 0 saturated carbocycles. The number of piperidine rings is 2.